The summed E-state index contributed by atoms with van der Waals surface area (Å²) in [5.41, 5.74) is 0. The van der Waals surface area contributed by atoms with E-state index in [1.54, 1.807) is 6.07 Å². The Bertz CT molecular complexity index is 330. The third-order valence-electron chi connectivity index (χ3n) is 1.40. The van der Waals surface area contributed by atoms with Crippen molar-refractivity contribution in [1.82, 2.24) is 0 Å². The molecule has 5 heteroatoms. The van der Waals surface area contributed by atoms with E-state index in [0.29, 0.717) is 18.1 Å². The molecule has 0 N–H and O–H groups in total. The van der Waals surface area contributed by atoms with Crippen LogP contribution in [0.3, 0.4) is 0 Å². The van der Waals surface area contributed by atoms with Gasteiger partial charge in [-0.1, -0.05) is 0 Å². The summed E-state index contributed by atoms with van der Waals surface area (Å²) in [4.78, 5) is 21.4. The van der Waals surface area contributed by atoms with Crippen LogP contribution in [0.4, 0.5) is 0 Å². The summed E-state index contributed by atoms with van der Waals surface area (Å²) >= 11 is 10.4. The SMILES string of the molecule is O=C(Cl)C(=O)c1ccc(CCCl)o1. The quantitative estimate of drug-likeness (QED) is 0.338. The second kappa shape index (κ2) is 4.44. The van der Waals surface area contributed by atoms with E-state index in [2.05, 4.69) is 0 Å². The van der Waals surface area contributed by atoms with Gasteiger partial charge in [0, 0.05) is 12.3 Å². The first-order valence-electron chi connectivity index (χ1n) is 3.54. The smallest absolute Gasteiger partial charge is 0.296 e. The molecule has 0 amide bonds. The van der Waals surface area contributed by atoms with Gasteiger partial charge < -0.3 is 4.42 Å². The van der Waals surface area contributed by atoms with Crippen LogP contribution in [0, 0.1) is 0 Å². The second-order valence-corrected chi connectivity index (χ2v) is 3.03. The molecule has 0 aliphatic carbocycles. The highest BCUT2D eigenvalue weighted by Gasteiger charge is 2.17. The van der Waals surface area contributed by atoms with E-state index in [4.69, 9.17) is 27.6 Å². The van der Waals surface area contributed by atoms with Crippen LogP contribution in [0.25, 0.3) is 0 Å². The Kier molecular flexibility index (Phi) is 3.51. The lowest BCUT2D eigenvalue weighted by molar-refractivity contribution is -0.108. The van der Waals surface area contributed by atoms with Crippen LogP contribution in [-0.4, -0.2) is 16.9 Å². The number of ketones is 1. The summed E-state index contributed by atoms with van der Waals surface area (Å²) in [5, 5.41) is -1.05. The summed E-state index contributed by atoms with van der Waals surface area (Å²) in [5.74, 6) is 0.0922. The highest BCUT2D eigenvalue weighted by Crippen LogP contribution is 2.10. The molecular weight excluding hydrogens is 215 g/mol. The van der Waals surface area contributed by atoms with Crippen LogP contribution in [-0.2, 0) is 11.2 Å². The fourth-order valence-corrected chi connectivity index (χ4v) is 1.10. The number of hydrogen-bond acceptors (Lipinski definition) is 3. The number of furan rings is 1. The number of alkyl halides is 1. The normalized spacial score (nSPS) is 10.0. The average molecular weight is 221 g/mol. The molecule has 0 spiro atoms. The van der Waals surface area contributed by atoms with Gasteiger partial charge in [-0.3, -0.25) is 9.59 Å². The van der Waals surface area contributed by atoms with E-state index in [1.165, 1.54) is 6.07 Å². The highest BCUT2D eigenvalue weighted by molar-refractivity contribution is 6.82. The van der Waals surface area contributed by atoms with Crippen molar-refractivity contribution in [2.75, 3.05) is 5.88 Å². The summed E-state index contributed by atoms with van der Waals surface area (Å²) in [7, 11) is 0. The van der Waals surface area contributed by atoms with Crippen LogP contribution in [0.2, 0.25) is 0 Å². The Morgan fingerprint density at radius 1 is 1.38 bits per heavy atom. The fourth-order valence-electron chi connectivity index (χ4n) is 0.824. The predicted octanol–water partition coefficient (Wildman–Crippen LogP) is 2.01. The van der Waals surface area contributed by atoms with Gasteiger partial charge in [0.15, 0.2) is 5.76 Å². The van der Waals surface area contributed by atoms with Crippen LogP contribution >= 0.6 is 23.2 Å². The predicted molar refractivity (Wildman–Crippen MR) is 48.3 cm³/mol. The zero-order chi connectivity index (χ0) is 9.84. The molecule has 3 nitrogen and oxygen atoms in total. The molecule has 1 rings (SSSR count). The van der Waals surface area contributed by atoms with E-state index < -0.39 is 11.0 Å². The molecule has 1 heterocycles. The summed E-state index contributed by atoms with van der Waals surface area (Å²) < 4.78 is 5.01. The minimum absolute atomic E-state index is 0.0416. The third kappa shape index (κ3) is 2.57. The Morgan fingerprint density at radius 3 is 2.62 bits per heavy atom. The molecule has 0 aliphatic rings. The van der Waals surface area contributed by atoms with E-state index in [0.717, 1.165) is 0 Å². The molecule has 0 unspecified atom stereocenters. The first kappa shape index (κ1) is 10.3. The summed E-state index contributed by atoms with van der Waals surface area (Å²) in [6.07, 6.45) is 0.519. The van der Waals surface area contributed by atoms with Crippen molar-refractivity contribution in [3.63, 3.8) is 0 Å². The van der Waals surface area contributed by atoms with E-state index in [-0.39, 0.29) is 5.76 Å². The minimum Gasteiger partial charge on any atom is -0.457 e. The lowest BCUT2D eigenvalue weighted by Gasteiger charge is -1.90. The molecular formula is C8H6Cl2O3. The van der Waals surface area contributed by atoms with Crippen molar-refractivity contribution in [3.05, 3.63) is 23.7 Å². The fraction of sp³-hybridized carbons (Fsp3) is 0.250. The van der Waals surface area contributed by atoms with E-state index in [9.17, 15) is 9.59 Å². The minimum atomic E-state index is -1.05. The lowest BCUT2D eigenvalue weighted by Crippen LogP contribution is -2.05. The molecule has 0 saturated carbocycles. The Morgan fingerprint density at radius 2 is 2.08 bits per heavy atom. The van der Waals surface area contributed by atoms with Crippen molar-refractivity contribution in [1.29, 1.82) is 0 Å². The molecule has 1 aromatic rings. The van der Waals surface area contributed by atoms with Gasteiger partial charge in [0.25, 0.3) is 11.0 Å². The Balaban J connectivity index is 2.79. The van der Waals surface area contributed by atoms with Crippen molar-refractivity contribution >= 4 is 34.2 Å². The summed E-state index contributed by atoms with van der Waals surface area (Å²) in [6, 6.07) is 3.00. The van der Waals surface area contributed by atoms with Gasteiger partial charge in [0.1, 0.15) is 5.76 Å². The standard InChI is InChI=1S/C8H6Cl2O3/c9-4-3-5-1-2-6(13-5)7(11)8(10)12/h1-2H,3-4H2. The van der Waals surface area contributed by atoms with Crippen molar-refractivity contribution in [2.45, 2.75) is 6.42 Å². The number of carbonyl (C=O) groups excluding carboxylic acids is 2. The van der Waals surface area contributed by atoms with Gasteiger partial charge in [-0.15, -0.1) is 11.6 Å². The zero-order valence-electron chi connectivity index (χ0n) is 6.55. The van der Waals surface area contributed by atoms with Crippen molar-refractivity contribution in [2.24, 2.45) is 0 Å². The van der Waals surface area contributed by atoms with Crippen LogP contribution in [0.1, 0.15) is 16.3 Å². The van der Waals surface area contributed by atoms with Crippen LogP contribution in [0.15, 0.2) is 16.5 Å². The number of Topliss-reactive ketones (excluding diaryl/α,β-unsaturated/α-hetero) is 1. The molecule has 1 aromatic heterocycles. The molecule has 0 fully saturated rings. The molecule has 0 bridgehead atoms. The number of halogens is 2. The summed E-state index contributed by atoms with van der Waals surface area (Å²) in [6.45, 7) is 0. The van der Waals surface area contributed by atoms with Gasteiger partial charge in [-0.05, 0) is 23.7 Å². The molecule has 70 valence electrons. The second-order valence-electron chi connectivity index (χ2n) is 2.31. The topological polar surface area (TPSA) is 47.3 Å². The molecule has 0 saturated heterocycles. The van der Waals surface area contributed by atoms with Crippen LogP contribution in [0.5, 0.6) is 0 Å². The molecule has 0 atom stereocenters. The highest BCUT2D eigenvalue weighted by atomic mass is 35.5. The first-order valence-corrected chi connectivity index (χ1v) is 4.45. The average Bonchev–Trinajstić information content (AvgIpc) is 2.52. The van der Waals surface area contributed by atoms with E-state index in [1.807, 2.05) is 0 Å². The maximum Gasteiger partial charge on any atom is 0.296 e. The van der Waals surface area contributed by atoms with Gasteiger partial charge in [-0.2, -0.15) is 0 Å². The number of carbonyl (C=O) groups is 2. The molecule has 0 aromatic carbocycles. The number of aryl methyl sites for hydroxylation is 1. The maximum atomic E-state index is 11.0. The first-order chi connectivity index (χ1) is 6.15. The van der Waals surface area contributed by atoms with Gasteiger partial charge >= 0.3 is 0 Å². The van der Waals surface area contributed by atoms with Gasteiger partial charge in [0.05, 0.1) is 0 Å². The molecule has 0 radical (unpaired) electrons. The van der Waals surface area contributed by atoms with Crippen molar-refractivity contribution < 1.29 is 14.0 Å². The van der Waals surface area contributed by atoms with Crippen LogP contribution < -0.4 is 0 Å². The van der Waals surface area contributed by atoms with Gasteiger partial charge in [0.2, 0.25) is 0 Å². The third-order valence-corrected chi connectivity index (χ3v) is 1.77. The monoisotopic (exact) mass is 220 g/mol. The zero-order valence-corrected chi connectivity index (χ0v) is 8.06. The van der Waals surface area contributed by atoms with E-state index >= 15 is 0 Å². The Labute approximate surface area is 84.6 Å². The molecule has 13 heavy (non-hydrogen) atoms. The molecule has 0 aliphatic heterocycles. The Hall–Kier alpha value is -0.800. The number of hydrogen-bond donors (Lipinski definition) is 0. The van der Waals surface area contributed by atoms with Crippen molar-refractivity contribution in [3.8, 4) is 0 Å². The number of rotatable bonds is 4. The largest absolute Gasteiger partial charge is 0.457 e. The van der Waals surface area contributed by atoms with Gasteiger partial charge in [-0.25, -0.2) is 0 Å². The maximum absolute atomic E-state index is 11.0. The lowest BCUT2D eigenvalue weighted by atomic mass is 10.3.